The molecule has 1 amide bonds. The number of hydrogen-bond donors (Lipinski definition) is 1. The Labute approximate surface area is 87.4 Å². The lowest BCUT2D eigenvalue weighted by Gasteiger charge is -1.98. The van der Waals surface area contributed by atoms with Gasteiger partial charge in [-0.3, -0.25) is 4.79 Å². The summed E-state index contributed by atoms with van der Waals surface area (Å²) in [5.41, 5.74) is 0. The number of carbonyl (C=O) groups excluding carboxylic acids is 1. The van der Waals surface area contributed by atoms with Crippen LogP contribution in [0.4, 0.5) is 0 Å². The van der Waals surface area contributed by atoms with Crippen LogP contribution in [0.3, 0.4) is 0 Å². The van der Waals surface area contributed by atoms with E-state index in [2.05, 4.69) is 12.2 Å². The molecule has 0 aromatic carbocycles. The van der Waals surface area contributed by atoms with Gasteiger partial charge < -0.3 is 5.32 Å². The molecule has 0 saturated heterocycles. The van der Waals surface area contributed by atoms with Crippen molar-refractivity contribution in [3.8, 4) is 6.07 Å². The van der Waals surface area contributed by atoms with Gasteiger partial charge in [0.2, 0.25) is 0 Å². The summed E-state index contributed by atoms with van der Waals surface area (Å²) in [6, 6.07) is 5.77. The van der Waals surface area contributed by atoms with Crippen LogP contribution in [-0.2, 0) is 6.42 Å². The average molecular weight is 208 g/mol. The van der Waals surface area contributed by atoms with Gasteiger partial charge in [-0.05, 0) is 18.6 Å². The van der Waals surface area contributed by atoms with Crippen molar-refractivity contribution in [2.24, 2.45) is 0 Å². The van der Waals surface area contributed by atoms with E-state index in [1.165, 1.54) is 16.2 Å². The highest BCUT2D eigenvalue weighted by Gasteiger charge is 2.07. The highest BCUT2D eigenvalue weighted by molar-refractivity contribution is 7.14. The lowest BCUT2D eigenvalue weighted by atomic mass is 10.3. The van der Waals surface area contributed by atoms with Crippen LogP contribution in [0.25, 0.3) is 0 Å². The van der Waals surface area contributed by atoms with Crippen molar-refractivity contribution in [2.45, 2.75) is 19.8 Å². The number of hydrogen-bond acceptors (Lipinski definition) is 3. The molecule has 0 bridgehead atoms. The third-order valence-electron chi connectivity index (χ3n) is 1.76. The molecule has 0 radical (unpaired) electrons. The van der Waals surface area contributed by atoms with E-state index in [-0.39, 0.29) is 5.91 Å². The van der Waals surface area contributed by atoms with Gasteiger partial charge >= 0.3 is 0 Å². The molecule has 0 atom stereocenters. The molecule has 1 heterocycles. The molecule has 4 heteroatoms. The zero-order chi connectivity index (χ0) is 10.4. The predicted molar refractivity (Wildman–Crippen MR) is 56.3 cm³/mol. The quantitative estimate of drug-likeness (QED) is 0.769. The maximum Gasteiger partial charge on any atom is 0.261 e. The second kappa shape index (κ2) is 5.40. The van der Waals surface area contributed by atoms with Gasteiger partial charge in [-0.1, -0.05) is 6.92 Å². The molecule has 0 aliphatic heterocycles. The van der Waals surface area contributed by atoms with Gasteiger partial charge in [0.25, 0.3) is 5.91 Å². The Morgan fingerprint density at radius 3 is 3.00 bits per heavy atom. The first-order valence-electron chi connectivity index (χ1n) is 4.51. The number of nitrogens with one attached hydrogen (secondary N) is 1. The number of amides is 1. The second-order valence-corrected chi connectivity index (χ2v) is 3.95. The molecule has 0 aliphatic rings. The van der Waals surface area contributed by atoms with Gasteiger partial charge in [-0.25, -0.2) is 0 Å². The van der Waals surface area contributed by atoms with Gasteiger partial charge in [-0.15, -0.1) is 11.3 Å². The van der Waals surface area contributed by atoms with Crippen LogP contribution < -0.4 is 5.32 Å². The largest absolute Gasteiger partial charge is 0.350 e. The molecule has 0 unspecified atom stereocenters. The van der Waals surface area contributed by atoms with Crippen molar-refractivity contribution in [1.29, 1.82) is 5.26 Å². The summed E-state index contributed by atoms with van der Waals surface area (Å²) >= 11 is 1.50. The minimum absolute atomic E-state index is 0.0787. The molecule has 1 N–H and O–H groups in total. The monoisotopic (exact) mass is 208 g/mol. The number of nitrogens with zero attached hydrogens (tertiary/aromatic N) is 1. The third kappa shape index (κ3) is 2.86. The minimum Gasteiger partial charge on any atom is -0.350 e. The van der Waals surface area contributed by atoms with Crippen LogP contribution in [0.5, 0.6) is 0 Å². The summed E-state index contributed by atoms with van der Waals surface area (Å²) in [6.45, 7) is 2.48. The summed E-state index contributed by atoms with van der Waals surface area (Å²) in [4.78, 5) is 13.4. The molecule has 0 fully saturated rings. The van der Waals surface area contributed by atoms with Crippen molar-refractivity contribution in [1.82, 2.24) is 5.32 Å². The number of rotatable bonds is 4. The number of aryl methyl sites for hydroxylation is 1. The van der Waals surface area contributed by atoms with Crippen molar-refractivity contribution in [3.63, 3.8) is 0 Å². The Balaban J connectivity index is 2.48. The van der Waals surface area contributed by atoms with E-state index < -0.39 is 0 Å². The van der Waals surface area contributed by atoms with E-state index in [1.54, 1.807) is 0 Å². The fraction of sp³-hybridized carbons (Fsp3) is 0.400. The molecule has 0 aliphatic carbocycles. The van der Waals surface area contributed by atoms with Gasteiger partial charge in [-0.2, -0.15) is 5.26 Å². The van der Waals surface area contributed by atoms with Gasteiger partial charge in [0.15, 0.2) is 0 Å². The van der Waals surface area contributed by atoms with Crippen molar-refractivity contribution < 1.29 is 4.79 Å². The van der Waals surface area contributed by atoms with Crippen LogP contribution in [0.1, 0.15) is 27.9 Å². The molecule has 1 aromatic heterocycles. The average Bonchev–Trinajstić information content (AvgIpc) is 2.66. The smallest absolute Gasteiger partial charge is 0.261 e. The van der Waals surface area contributed by atoms with Crippen molar-refractivity contribution in [2.75, 3.05) is 6.54 Å². The lowest BCUT2D eigenvalue weighted by molar-refractivity contribution is 0.0958. The van der Waals surface area contributed by atoms with Crippen molar-refractivity contribution >= 4 is 17.2 Å². The Kier molecular flexibility index (Phi) is 4.14. The van der Waals surface area contributed by atoms with Crippen molar-refractivity contribution in [3.05, 3.63) is 21.9 Å². The van der Waals surface area contributed by atoms with Crippen LogP contribution in [0.15, 0.2) is 12.1 Å². The summed E-state index contributed by atoms with van der Waals surface area (Å²) in [7, 11) is 0. The van der Waals surface area contributed by atoms with Crippen LogP contribution >= 0.6 is 11.3 Å². The minimum atomic E-state index is -0.0787. The predicted octanol–water partition coefficient (Wildman–Crippen LogP) is 1.95. The molecule has 1 aromatic rings. The zero-order valence-electron chi connectivity index (χ0n) is 8.04. The van der Waals surface area contributed by atoms with E-state index >= 15 is 0 Å². The first-order chi connectivity index (χ1) is 6.77. The SMILES string of the molecule is CCc1ccc(C(=O)NCCC#N)s1. The van der Waals surface area contributed by atoms with E-state index in [1.807, 2.05) is 18.2 Å². The Hall–Kier alpha value is -1.34. The number of carbonyl (C=O) groups is 1. The molecule has 1 rings (SSSR count). The number of thiophene rings is 1. The fourth-order valence-electron chi connectivity index (χ4n) is 1.01. The van der Waals surface area contributed by atoms with Crippen LogP contribution in [-0.4, -0.2) is 12.5 Å². The Morgan fingerprint density at radius 1 is 1.64 bits per heavy atom. The first-order valence-corrected chi connectivity index (χ1v) is 5.33. The third-order valence-corrected chi connectivity index (χ3v) is 2.98. The van der Waals surface area contributed by atoms with E-state index in [0.29, 0.717) is 13.0 Å². The molecule has 0 saturated carbocycles. The highest BCUT2D eigenvalue weighted by Crippen LogP contribution is 2.16. The summed E-state index contributed by atoms with van der Waals surface area (Å²) in [5, 5.41) is 11.0. The molecule has 14 heavy (non-hydrogen) atoms. The summed E-state index contributed by atoms with van der Waals surface area (Å²) in [5.74, 6) is -0.0787. The summed E-state index contributed by atoms with van der Waals surface area (Å²) in [6.07, 6.45) is 1.31. The highest BCUT2D eigenvalue weighted by atomic mass is 32.1. The molecule has 74 valence electrons. The Morgan fingerprint density at radius 2 is 2.43 bits per heavy atom. The molecular formula is C10H12N2OS. The maximum absolute atomic E-state index is 11.4. The Bertz CT molecular complexity index is 351. The van der Waals surface area contributed by atoms with E-state index in [4.69, 9.17) is 5.26 Å². The molecule has 3 nitrogen and oxygen atoms in total. The van der Waals surface area contributed by atoms with E-state index in [0.717, 1.165) is 11.3 Å². The van der Waals surface area contributed by atoms with Gasteiger partial charge in [0, 0.05) is 11.4 Å². The number of nitriles is 1. The maximum atomic E-state index is 11.4. The summed E-state index contributed by atoms with van der Waals surface area (Å²) < 4.78 is 0. The first kappa shape index (κ1) is 10.7. The zero-order valence-corrected chi connectivity index (χ0v) is 8.86. The lowest BCUT2D eigenvalue weighted by Crippen LogP contribution is -2.23. The second-order valence-electron chi connectivity index (χ2n) is 2.78. The van der Waals surface area contributed by atoms with Gasteiger partial charge in [0.1, 0.15) is 0 Å². The molecule has 0 spiro atoms. The van der Waals surface area contributed by atoms with E-state index in [9.17, 15) is 4.79 Å². The standard InChI is InChI=1S/C10H12N2OS/c1-2-8-4-5-9(14-8)10(13)12-7-3-6-11/h4-5H,2-3,7H2,1H3,(H,12,13). The van der Waals surface area contributed by atoms with Crippen LogP contribution in [0.2, 0.25) is 0 Å². The molecular weight excluding hydrogens is 196 g/mol. The normalized spacial score (nSPS) is 9.43. The fourth-order valence-corrected chi connectivity index (χ4v) is 1.87. The topological polar surface area (TPSA) is 52.9 Å². The van der Waals surface area contributed by atoms with Gasteiger partial charge in [0.05, 0.1) is 17.4 Å². The van der Waals surface area contributed by atoms with Crippen LogP contribution in [0, 0.1) is 11.3 Å².